The van der Waals surface area contributed by atoms with Gasteiger partial charge in [0.2, 0.25) is 0 Å². The Kier molecular flexibility index (Phi) is 7.63. The highest BCUT2D eigenvalue weighted by atomic mass is 32.1. The van der Waals surface area contributed by atoms with Crippen LogP contribution in [0.1, 0.15) is 37.9 Å². The number of para-hydroxylation sites is 1. The molecule has 0 aliphatic carbocycles. The van der Waals surface area contributed by atoms with Gasteiger partial charge in [0.25, 0.3) is 5.56 Å². The summed E-state index contributed by atoms with van der Waals surface area (Å²) in [7, 11) is 1.54. The SMILES string of the molecule is COCCOC(=O)C1=C(C)N=c2s/c(=C/c3ccccc3)c(=O)n2[C@@H]1c1ccccc1OC(C)C. The van der Waals surface area contributed by atoms with Crippen molar-refractivity contribution in [2.75, 3.05) is 20.3 Å². The van der Waals surface area contributed by atoms with E-state index in [2.05, 4.69) is 4.99 Å². The van der Waals surface area contributed by atoms with Crippen molar-refractivity contribution in [1.82, 2.24) is 4.57 Å². The van der Waals surface area contributed by atoms with Crippen LogP contribution in [0.2, 0.25) is 0 Å². The molecule has 3 aromatic rings. The average Bonchev–Trinajstić information content (AvgIpc) is 3.13. The lowest BCUT2D eigenvalue weighted by molar-refractivity contribution is -0.140. The van der Waals surface area contributed by atoms with Gasteiger partial charge >= 0.3 is 5.97 Å². The number of allylic oxidation sites excluding steroid dienone is 1. The number of esters is 1. The molecule has 2 aromatic carbocycles. The molecule has 0 saturated heterocycles. The van der Waals surface area contributed by atoms with Gasteiger partial charge in [0.05, 0.1) is 28.5 Å². The van der Waals surface area contributed by atoms with Crippen LogP contribution in [-0.2, 0) is 14.3 Å². The lowest BCUT2D eigenvalue weighted by atomic mass is 9.95. The quantitative estimate of drug-likeness (QED) is 0.356. The molecule has 4 rings (SSSR count). The van der Waals surface area contributed by atoms with E-state index < -0.39 is 12.0 Å². The minimum absolute atomic E-state index is 0.0905. The Morgan fingerprint density at radius 2 is 1.83 bits per heavy atom. The molecule has 0 unspecified atom stereocenters. The second-order valence-corrected chi connectivity index (χ2v) is 9.33. The van der Waals surface area contributed by atoms with Crippen LogP contribution in [0.3, 0.4) is 0 Å². The van der Waals surface area contributed by atoms with Crippen LogP contribution in [-0.4, -0.2) is 37.0 Å². The van der Waals surface area contributed by atoms with E-state index in [9.17, 15) is 9.59 Å². The Morgan fingerprint density at radius 3 is 2.54 bits per heavy atom. The monoisotopic (exact) mass is 492 g/mol. The maximum Gasteiger partial charge on any atom is 0.338 e. The van der Waals surface area contributed by atoms with Crippen LogP contribution in [0.15, 0.2) is 75.7 Å². The van der Waals surface area contributed by atoms with E-state index in [1.54, 1.807) is 18.6 Å². The number of methoxy groups -OCH3 is 1. The molecule has 2 heterocycles. The molecule has 35 heavy (non-hydrogen) atoms. The predicted octanol–water partition coefficient (Wildman–Crippen LogP) is 3.21. The summed E-state index contributed by atoms with van der Waals surface area (Å²) in [5, 5.41) is 0. The van der Waals surface area contributed by atoms with E-state index >= 15 is 0 Å². The first kappa shape index (κ1) is 24.6. The molecule has 0 spiro atoms. The Morgan fingerprint density at radius 1 is 1.11 bits per heavy atom. The summed E-state index contributed by atoms with van der Waals surface area (Å²) in [6.07, 6.45) is 1.75. The normalized spacial score (nSPS) is 15.7. The Bertz CT molecular complexity index is 1420. The van der Waals surface area contributed by atoms with Crippen LogP contribution in [0.5, 0.6) is 5.75 Å². The van der Waals surface area contributed by atoms with Gasteiger partial charge in [-0.25, -0.2) is 9.79 Å². The molecule has 0 radical (unpaired) electrons. The number of hydrogen-bond acceptors (Lipinski definition) is 7. The number of nitrogens with zero attached hydrogens (tertiary/aromatic N) is 2. The number of hydrogen-bond donors (Lipinski definition) is 0. The van der Waals surface area contributed by atoms with Gasteiger partial charge in [-0.3, -0.25) is 9.36 Å². The topological polar surface area (TPSA) is 79.1 Å². The summed E-state index contributed by atoms with van der Waals surface area (Å²) in [6, 6.07) is 16.4. The number of carbonyl (C=O) groups excluding carboxylic acids is 1. The number of fused-ring (bicyclic) bond motifs is 1. The number of ether oxygens (including phenoxy) is 3. The fraction of sp³-hybridized carbons (Fsp3) is 0.296. The second kappa shape index (κ2) is 10.8. The van der Waals surface area contributed by atoms with Gasteiger partial charge in [-0.15, -0.1) is 0 Å². The zero-order valence-corrected chi connectivity index (χ0v) is 21.0. The third-order valence-electron chi connectivity index (χ3n) is 5.44. The molecular formula is C27H28N2O5S. The maximum absolute atomic E-state index is 13.7. The molecule has 0 N–H and O–H groups in total. The van der Waals surface area contributed by atoms with Crippen LogP contribution in [0.4, 0.5) is 0 Å². The first-order chi connectivity index (χ1) is 16.9. The number of aromatic nitrogens is 1. The Hall–Kier alpha value is -3.49. The zero-order valence-electron chi connectivity index (χ0n) is 20.2. The molecule has 0 bridgehead atoms. The predicted molar refractivity (Wildman–Crippen MR) is 135 cm³/mol. The van der Waals surface area contributed by atoms with E-state index in [1.807, 2.05) is 74.5 Å². The highest BCUT2D eigenvalue weighted by molar-refractivity contribution is 7.07. The van der Waals surface area contributed by atoms with Crippen molar-refractivity contribution in [2.45, 2.75) is 32.9 Å². The van der Waals surface area contributed by atoms with Crippen molar-refractivity contribution in [2.24, 2.45) is 4.99 Å². The molecule has 182 valence electrons. The molecule has 1 aliphatic rings. The standard InChI is InChI=1S/C27H28N2O5S/c1-17(2)34-21-13-9-8-12-20(21)24-23(26(31)33-15-14-32-4)18(3)28-27-29(24)25(30)22(35-27)16-19-10-6-5-7-11-19/h5-13,16-17,24H,14-15H2,1-4H3/b22-16+/t24-/m1/s1. The maximum atomic E-state index is 13.7. The minimum Gasteiger partial charge on any atom is -0.491 e. The third-order valence-corrected chi connectivity index (χ3v) is 6.42. The van der Waals surface area contributed by atoms with Gasteiger partial charge in [-0.2, -0.15) is 0 Å². The summed E-state index contributed by atoms with van der Waals surface area (Å²) in [6.45, 7) is 6.00. The summed E-state index contributed by atoms with van der Waals surface area (Å²) in [4.78, 5) is 32.1. The smallest absolute Gasteiger partial charge is 0.338 e. The largest absolute Gasteiger partial charge is 0.491 e. The summed E-state index contributed by atoms with van der Waals surface area (Å²) >= 11 is 1.30. The van der Waals surface area contributed by atoms with E-state index in [0.717, 1.165) is 5.56 Å². The van der Waals surface area contributed by atoms with Gasteiger partial charge < -0.3 is 14.2 Å². The zero-order chi connectivity index (χ0) is 24.9. The Labute approximate surface area is 207 Å². The van der Waals surface area contributed by atoms with Crippen molar-refractivity contribution in [3.63, 3.8) is 0 Å². The van der Waals surface area contributed by atoms with Crippen molar-refractivity contribution in [1.29, 1.82) is 0 Å². The van der Waals surface area contributed by atoms with Crippen LogP contribution < -0.4 is 19.6 Å². The summed E-state index contributed by atoms with van der Waals surface area (Å²) < 4.78 is 18.7. The molecule has 1 aliphatic heterocycles. The molecule has 1 aromatic heterocycles. The molecule has 7 nitrogen and oxygen atoms in total. The molecule has 1 atom stereocenters. The van der Waals surface area contributed by atoms with Crippen LogP contribution >= 0.6 is 11.3 Å². The first-order valence-electron chi connectivity index (χ1n) is 11.4. The van der Waals surface area contributed by atoms with Gasteiger partial charge in [0.1, 0.15) is 18.4 Å². The van der Waals surface area contributed by atoms with E-state index in [0.29, 0.717) is 31.9 Å². The van der Waals surface area contributed by atoms with Gasteiger partial charge in [0.15, 0.2) is 4.80 Å². The number of thiazole rings is 1. The Balaban J connectivity index is 1.93. The fourth-order valence-electron chi connectivity index (χ4n) is 3.94. The molecule has 0 fully saturated rings. The number of rotatable bonds is 8. The van der Waals surface area contributed by atoms with Gasteiger partial charge in [0, 0.05) is 12.7 Å². The number of benzene rings is 2. The highest BCUT2D eigenvalue weighted by Gasteiger charge is 2.35. The lowest BCUT2D eigenvalue weighted by Crippen LogP contribution is -2.40. The van der Waals surface area contributed by atoms with Crippen LogP contribution in [0, 0.1) is 0 Å². The average molecular weight is 493 g/mol. The summed E-state index contributed by atoms with van der Waals surface area (Å²) in [5.74, 6) is 0.0621. The van der Waals surface area contributed by atoms with Crippen molar-refractivity contribution >= 4 is 23.4 Å². The van der Waals surface area contributed by atoms with E-state index in [-0.39, 0.29) is 24.9 Å². The van der Waals surface area contributed by atoms with Gasteiger partial charge in [-0.1, -0.05) is 59.9 Å². The van der Waals surface area contributed by atoms with Crippen molar-refractivity contribution in [3.8, 4) is 5.75 Å². The molecule has 0 amide bonds. The van der Waals surface area contributed by atoms with E-state index in [1.165, 1.54) is 11.3 Å². The van der Waals surface area contributed by atoms with Crippen LogP contribution in [0.25, 0.3) is 6.08 Å². The fourth-order valence-corrected chi connectivity index (χ4v) is 4.99. The number of carbonyl (C=O) groups is 1. The second-order valence-electron chi connectivity index (χ2n) is 8.33. The van der Waals surface area contributed by atoms with E-state index in [4.69, 9.17) is 14.2 Å². The van der Waals surface area contributed by atoms with Gasteiger partial charge in [-0.05, 0) is 38.5 Å². The molecule has 8 heteroatoms. The third kappa shape index (κ3) is 5.28. The lowest BCUT2D eigenvalue weighted by Gasteiger charge is -2.27. The van der Waals surface area contributed by atoms with Crippen molar-refractivity contribution in [3.05, 3.63) is 96.7 Å². The molecule has 0 saturated carbocycles. The minimum atomic E-state index is -0.742. The molecular weight excluding hydrogens is 464 g/mol. The van der Waals surface area contributed by atoms with Crippen molar-refractivity contribution < 1.29 is 19.0 Å². The highest BCUT2D eigenvalue weighted by Crippen LogP contribution is 2.36. The first-order valence-corrected chi connectivity index (χ1v) is 12.2. The summed E-state index contributed by atoms with van der Waals surface area (Å²) in [5.41, 5.74) is 2.19.